The minimum Gasteiger partial charge on any atom is -0.394 e. The summed E-state index contributed by atoms with van der Waals surface area (Å²) in [6, 6.07) is 13.7. The molecule has 0 radical (unpaired) electrons. The molecule has 2 aromatic rings. The molecule has 0 aromatic heterocycles. The van der Waals surface area contributed by atoms with Gasteiger partial charge in [0.2, 0.25) is 0 Å². The van der Waals surface area contributed by atoms with Crippen molar-refractivity contribution in [2.24, 2.45) is 0 Å². The second-order valence-electron chi connectivity index (χ2n) is 12.2. The van der Waals surface area contributed by atoms with Crippen LogP contribution in [0.2, 0.25) is 0 Å². The van der Waals surface area contributed by atoms with E-state index in [-0.39, 0.29) is 37.9 Å². The zero-order valence-electron chi connectivity index (χ0n) is 26.0. The van der Waals surface area contributed by atoms with E-state index < -0.39 is 48.8 Å². The number of aliphatic hydroxyl groups excluding tert-OH is 6. The minimum atomic E-state index is -0.947. The van der Waals surface area contributed by atoms with Crippen LogP contribution in [0.1, 0.15) is 95.4 Å². The number of carbonyl (C=O) groups is 2. The van der Waals surface area contributed by atoms with E-state index in [9.17, 15) is 40.2 Å². The molecule has 2 fully saturated rings. The summed E-state index contributed by atoms with van der Waals surface area (Å²) in [5.41, 5.74) is 2.12. The highest BCUT2D eigenvalue weighted by Gasteiger charge is 2.38. The number of hydrogen-bond acceptors (Lipinski definition) is 10. The van der Waals surface area contributed by atoms with Gasteiger partial charge in [-0.2, -0.15) is 0 Å². The quantitative estimate of drug-likeness (QED) is 0.131. The van der Waals surface area contributed by atoms with Gasteiger partial charge in [0.1, 0.15) is 24.4 Å². The lowest BCUT2D eigenvalue weighted by atomic mass is 9.93. The van der Waals surface area contributed by atoms with E-state index in [1.165, 1.54) is 0 Å². The van der Waals surface area contributed by atoms with Crippen LogP contribution in [0.15, 0.2) is 48.5 Å². The first kappa shape index (κ1) is 35.9. The Kier molecular flexibility index (Phi) is 13.9. The van der Waals surface area contributed by atoms with Gasteiger partial charge in [0.05, 0.1) is 37.6 Å². The highest BCUT2D eigenvalue weighted by molar-refractivity contribution is 5.94. The first-order valence-corrected chi connectivity index (χ1v) is 16.2. The summed E-state index contributed by atoms with van der Waals surface area (Å²) >= 11 is 0. The monoisotopic (exact) mass is 644 g/mol. The van der Waals surface area contributed by atoms with Gasteiger partial charge in [-0.05, 0) is 48.2 Å². The third-order valence-electron chi connectivity index (χ3n) is 8.66. The number of amides is 2. The van der Waals surface area contributed by atoms with Crippen molar-refractivity contribution in [3.05, 3.63) is 70.8 Å². The molecule has 4 rings (SSSR count). The van der Waals surface area contributed by atoms with Crippen molar-refractivity contribution in [3.63, 3.8) is 0 Å². The molecule has 0 bridgehead atoms. The van der Waals surface area contributed by atoms with Crippen LogP contribution in [-0.4, -0.2) is 105 Å². The highest BCUT2D eigenvalue weighted by atomic mass is 16.5. The first-order chi connectivity index (χ1) is 22.2. The number of unbranched alkanes of at least 4 members (excludes halogenated alkanes) is 5. The Morgan fingerprint density at radius 3 is 1.39 bits per heavy atom. The smallest absolute Gasteiger partial charge is 0.251 e. The Hall–Kier alpha value is -2.94. The zero-order chi connectivity index (χ0) is 33.1. The number of carbonyl (C=O) groups excluding carboxylic acids is 2. The Bertz CT molecular complexity index is 1170. The van der Waals surface area contributed by atoms with Crippen molar-refractivity contribution in [2.75, 3.05) is 26.3 Å². The maximum absolute atomic E-state index is 12.7. The van der Waals surface area contributed by atoms with Crippen LogP contribution in [0.5, 0.6) is 0 Å². The summed E-state index contributed by atoms with van der Waals surface area (Å²) in [4.78, 5) is 25.4. The topological polar surface area (TPSA) is 198 Å². The van der Waals surface area contributed by atoms with E-state index in [1.54, 1.807) is 48.5 Å². The summed E-state index contributed by atoms with van der Waals surface area (Å²) in [5.74, 6) is -0.439. The molecule has 8 N–H and O–H groups in total. The van der Waals surface area contributed by atoms with E-state index in [4.69, 9.17) is 9.47 Å². The lowest BCUT2D eigenvalue weighted by molar-refractivity contribution is -0.181. The second-order valence-corrected chi connectivity index (χ2v) is 12.2. The molecule has 4 unspecified atom stereocenters. The molecule has 0 saturated carbocycles. The molecule has 2 aromatic carbocycles. The van der Waals surface area contributed by atoms with Crippen LogP contribution in [0.3, 0.4) is 0 Å². The van der Waals surface area contributed by atoms with Crippen LogP contribution in [0.4, 0.5) is 0 Å². The number of hydrogen-bond donors (Lipinski definition) is 8. The fourth-order valence-electron chi connectivity index (χ4n) is 5.99. The van der Waals surface area contributed by atoms with Crippen molar-refractivity contribution in [2.45, 2.75) is 100 Å². The molecule has 2 aliphatic rings. The van der Waals surface area contributed by atoms with Crippen molar-refractivity contribution in [3.8, 4) is 0 Å². The van der Waals surface area contributed by atoms with E-state index in [1.807, 2.05) is 0 Å². The largest absolute Gasteiger partial charge is 0.394 e. The highest BCUT2D eigenvalue weighted by Crippen LogP contribution is 2.33. The first-order valence-electron chi connectivity index (χ1n) is 16.2. The molecule has 2 aliphatic heterocycles. The third-order valence-corrected chi connectivity index (χ3v) is 8.66. The molecule has 254 valence electrons. The van der Waals surface area contributed by atoms with Gasteiger partial charge in [0, 0.05) is 37.1 Å². The Morgan fingerprint density at radius 1 is 0.609 bits per heavy atom. The minimum absolute atomic E-state index is 0.0829. The molecule has 2 saturated heterocycles. The molecule has 8 atom stereocenters. The summed E-state index contributed by atoms with van der Waals surface area (Å²) < 4.78 is 11.4. The van der Waals surface area contributed by atoms with Crippen LogP contribution >= 0.6 is 0 Å². The Balaban J connectivity index is 1.08. The maximum atomic E-state index is 12.7. The van der Waals surface area contributed by atoms with Crippen molar-refractivity contribution in [1.82, 2.24) is 10.6 Å². The standard InChI is InChI=1S/C34H48N2O10/c37-19-29-25(39)17-27(41)31(45-29)21-9-7-11-23(15-21)33(43)35-13-5-3-1-2-4-6-14-36-34(44)24-12-8-10-22(16-24)32-28(42)18-26(40)30(20-38)46-32/h7-12,15-16,25-32,37-42H,1-6,13-14,17-20H2,(H,35,43)(H,36,44)/t25?,26?,27-,28-,29+,30+,31?,32?/m0/s1. The Labute approximate surface area is 269 Å². The summed E-state index contributed by atoms with van der Waals surface area (Å²) in [7, 11) is 0. The van der Waals surface area contributed by atoms with Gasteiger partial charge >= 0.3 is 0 Å². The molecule has 46 heavy (non-hydrogen) atoms. The lowest BCUT2D eigenvalue weighted by Crippen LogP contribution is -2.44. The SMILES string of the molecule is O=C(NCCCCCCCCNC(=O)c1cccc(C2O[C@H](CO)C(O)C[C@@H]2O)c1)c1cccc(C2O[C@H](CO)C(O)C[C@@H]2O)c1. The molecule has 12 nitrogen and oxygen atoms in total. The molecular formula is C34H48N2O10. The number of ether oxygens (including phenoxy) is 2. The molecule has 0 spiro atoms. The summed E-state index contributed by atoms with van der Waals surface area (Å²) in [5, 5.41) is 65.3. The van der Waals surface area contributed by atoms with Gasteiger partial charge in [-0.15, -0.1) is 0 Å². The molecule has 12 heteroatoms. The van der Waals surface area contributed by atoms with Crippen LogP contribution in [-0.2, 0) is 9.47 Å². The van der Waals surface area contributed by atoms with Gasteiger partial charge in [-0.25, -0.2) is 0 Å². The number of nitrogens with one attached hydrogen (secondary N) is 2. The van der Waals surface area contributed by atoms with Gasteiger partial charge in [0.15, 0.2) is 0 Å². The fraction of sp³-hybridized carbons (Fsp3) is 0.588. The average molecular weight is 645 g/mol. The molecule has 2 amide bonds. The van der Waals surface area contributed by atoms with Gasteiger partial charge in [-0.1, -0.05) is 49.9 Å². The van der Waals surface area contributed by atoms with E-state index in [0.29, 0.717) is 35.3 Å². The van der Waals surface area contributed by atoms with Crippen molar-refractivity contribution in [1.29, 1.82) is 0 Å². The van der Waals surface area contributed by atoms with Crippen molar-refractivity contribution < 1.29 is 49.7 Å². The number of aliphatic hydroxyl groups is 6. The maximum Gasteiger partial charge on any atom is 0.251 e. The number of benzene rings is 2. The van der Waals surface area contributed by atoms with E-state index in [2.05, 4.69) is 10.6 Å². The van der Waals surface area contributed by atoms with Gasteiger partial charge < -0.3 is 50.7 Å². The molecule has 2 heterocycles. The van der Waals surface area contributed by atoms with Crippen LogP contribution < -0.4 is 10.6 Å². The van der Waals surface area contributed by atoms with Gasteiger partial charge in [-0.3, -0.25) is 9.59 Å². The lowest BCUT2D eigenvalue weighted by Gasteiger charge is -2.36. The Morgan fingerprint density at radius 2 is 1.00 bits per heavy atom. The predicted octanol–water partition coefficient (Wildman–Crippen LogP) is 1.28. The normalized spacial score (nSPS) is 28.0. The second kappa shape index (κ2) is 17.8. The zero-order valence-corrected chi connectivity index (χ0v) is 26.0. The molecule has 0 aliphatic carbocycles. The summed E-state index contributed by atoms with van der Waals surface area (Å²) in [6.45, 7) is 0.345. The van der Waals surface area contributed by atoms with E-state index >= 15 is 0 Å². The van der Waals surface area contributed by atoms with E-state index in [0.717, 1.165) is 38.5 Å². The number of rotatable bonds is 15. The molecular weight excluding hydrogens is 596 g/mol. The third kappa shape index (κ3) is 9.79. The van der Waals surface area contributed by atoms with Crippen LogP contribution in [0.25, 0.3) is 0 Å². The van der Waals surface area contributed by atoms with Crippen LogP contribution in [0, 0.1) is 0 Å². The van der Waals surface area contributed by atoms with Gasteiger partial charge in [0.25, 0.3) is 11.8 Å². The average Bonchev–Trinajstić information content (AvgIpc) is 3.05. The van der Waals surface area contributed by atoms with Crippen molar-refractivity contribution >= 4 is 11.8 Å². The summed E-state index contributed by atoms with van der Waals surface area (Å²) in [6.07, 6.45) is -1.08. The predicted molar refractivity (Wildman–Crippen MR) is 168 cm³/mol. The fourth-order valence-corrected chi connectivity index (χ4v) is 5.99.